The lowest BCUT2D eigenvalue weighted by Gasteiger charge is -2.10. The Kier molecular flexibility index (Phi) is 6.00. The van der Waals surface area contributed by atoms with Gasteiger partial charge in [0.1, 0.15) is 6.54 Å². The van der Waals surface area contributed by atoms with Crippen LogP contribution in [0.3, 0.4) is 0 Å². The van der Waals surface area contributed by atoms with Gasteiger partial charge >= 0.3 is 5.97 Å². The minimum absolute atomic E-state index is 0.101. The van der Waals surface area contributed by atoms with Gasteiger partial charge in [-0.05, 0) is 42.8 Å². The average Bonchev–Trinajstić information content (AvgIpc) is 3.16. The zero-order valence-corrected chi connectivity index (χ0v) is 15.7. The number of benzene rings is 2. The molecule has 2 aromatic carbocycles. The molecule has 0 bridgehead atoms. The van der Waals surface area contributed by atoms with Crippen molar-refractivity contribution in [3.63, 3.8) is 0 Å². The summed E-state index contributed by atoms with van der Waals surface area (Å²) in [6.07, 6.45) is 0. The minimum atomic E-state index is -0.743. The number of fused-ring (bicyclic) bond motifs is 1. The molecule has 1 heterocycles. The van der Waals surface area contributed by atoms with Crippen molar-refractivity contribution in [3.05, 3.63) is 52.5 Å². The van der Waals surface area contributed by atoms with E-state index in [0.29, 0.717) is 33.3 Å². The first-order chi connectivity index (χ1) is 13.4. The van der Waals surface area contributed by atoms with Gasteiger partial charge in [0.05, 0.1) is 0 Å². The summed E-state index contributed by atoms with van der Waals surface area (Å²) in [5.41, 5.74) is 1.55. The van der Waals surface area contributed by atoms with E-state index in [1.54, 1.807) is 37.3 Å². The number of carbonyl (C=O) groups excluding carboxylic acids is 3. The van der Waals surface area contributed by atoms with Gasteiger partial charge in [-0.3, -0.25) is 14.4 Å². The van der Waals surface area contributed by atoms with Gasteiger partial charge in [-0.15, -0.1) is 0 Å². The zero-order chi connectivity index (χ0) is 20.1. The van der Waals surface area contributed by atoms with Gasteiger partial charge in [-0.2, -0.15) is 0 Å². The lowest BCUT2D eigenvalue weighted by atomic mass is 10.2. The summed E-state index contributed by atoms with van der Waals surface area (Å²) in [4.78, 5) is 35.8. The first kappa shape index (κ1) is 19.5. The smallest absolute Gasteiger partial charge is 0.325 e. The molecule has 8 nitrogen and oxygen atoms in total. The number of hydrogen-bond donors (Lipinski definition) is 2. The fraction of sp³-hybridized carbons (Fsp3) is 0.211. The van der Waals surface area contributed by atoms with Gasteiger partial charge in [-0.1, -0.05) is 17.7 Å². The minimum Gasteiger partial charge on any atom is -0.454 e. The molecule has 0 saturated carbocycles. The van der Waals surface area contributed by atoms with Crippen LogP contribution in [-0.4, -0.2) is 37.7 Å². The van der Waals surface area contributed by atoms with Crippen molar-refractivity contribution in [1.82, 2.24) is 5.32 Å². The predicted octanol–water partition coefficient (Wildman–Crippen LogP) is 2.29. The van der Waals surface area contributed by atoms with Crippen LogP contribution in [0.2, 0.25) is 5.02 Å². The number of halogens is 1. The maximum Gasteiger partial charge on any atom is 0.325 e. The van der Waals surface area contributed by atoms with Gasteiger partial charge < -0.3 is 24.8 Å². The molecule has 0 atom stereocenters. The molecule has 2 aromatic rings. The maximum atomic E-state index is 12.1. The van der Waals surface area contributed by atoms with Crippen molar-refractivity contribution < 1.29 is 28.6 Å². The monoisotopic (exact) mass is 404 g/mol. The summed E-state index contributed by atoms with van der Waals surface area (Å²) < 4.78 is 15.2. The molecule has 2 N–H and O–H groups in total. The van der Waals surface area contributed by atoms with E-state index in [2.05, 4.69) is 10.6 Å². The van der Waals surface area contributed by atoms with Crippen molar-refractivity contribution in [2.24, 2.45) is 0 Å². The predicted molar refractivity (Wildman–Crippen MR) is 101 cm³/mol. The molecular weight excluding hydrogens is 388 g/mol. The van der Waals surface area contributed by atoms with Crippen LogP contribution in [0.15, 0.2) is 36.4 Å². The average molecular weight is 405 g/mol. The molecular formula is C19H17ClN2O6. The lowest BCUT2D eigenvalue weighted by Crippen LogP contribution is -2.32. The number of nitrogens with one attached hydrogen (secondary N) is 2. The number of hydrogen-bond acceptors (Lipinski definition) is 6. The summed E-state index contributed by atoms with van der Waals surface area (Å²) in [6.45, 7) is 1.00. The van der Waals surface area contributed by atoms with E-state index in [1.165, 1.54) is 6.07 Å². The molecule has 2 amide bonds. The lowest BCUT2D eigenvalue weighted by molar-refractivity contribution is -0.146. The third kappa shape index (κ3) is 4.72. The maximum absolute atomic E-state index is 12.1. The molecule has 0 fully saturated rings. The van der Waals surface area contributed by atoms with Crippen LogP contribution in [0.1, 0.15) is 15.9 Å². The molecule has 0 spiro atoms. The highest BCUT2D eigenvalue weighted by atomic mass is 35.5. The number of carbonyl (C=O) groups is 3. The Morgan fingerprint density at radius 3 is 2.75 bits per heavy atom. The molecule has 0 unspecified atom stereocenters. The standard InChI is InChI=1S/C19H17ClN2O6/c1-11-13(20)3-2-4-14(11)22-17(23)9-26-18(24)8-21-19(25)12-5-6-15-16(7-12)28-10-27-15/h2-7H,8-10H2,1H3,(H,21,25)(H,22,23). The SMILES string of the molecule is Cc1c(Cl)cccc1NC(=O)COC(=O)CNC(=O)c1ccc2c(c1)OCO2. The number of ether oxygens (including phenoxy) is 3. The van der Waals surface area contributed by atoms with Crippen LogP contribution >= 0.6 is 11.6 Å². The molecule has 1 aliphatic heterocycles. The topological polar surface area (TPSA) is 103 Å². The van der Waals surface area contributed by atoms with Crippen molar-refractivity contribution in [1.29, 1.82) is 0 Å². The first-order valence-corrected chi connectivity index (χ1v) is 8.70. The Labute approximate surface area is 165 Å². The Bertz CT molecular complexity index is 931. The van der Waals surface area contributed by atoms with Crippen molar-refractivity contribution in [2.75, 3.05) is 25.3 Å². The summed E-state index contributed by atoms with van der Waals surface area (Å²) >= 11 is 5.99. The van der Waals surface area contributed by atoms with Crippen LogP contribution < -0.4 is 20.1 Å². The van der Waals surface area contributed by atoms with Gasteiger partial charge in [0, 0.05) is 16.3 Å². The second-order valence-corrected chi connectivity index (χ2v) is 6.28. The van der Waals surface area contributed by atoms with E-state index in [0.717, 1.165) is 0 Å². The molecule has 0 radical (unpaired) electrons. The van der Waals surface area contributed by atoms with Crippen LogP contribution in [-0.2, 0) is 14.3 Å². The highest BCUT2D eigenvalue weighted by Crippen LogP contribution is 2.32. The summed E-state index contributed by atoms with van der Waals surface area (Å²) in [5.74, 6) is -0.720. The molecule has 0 aliphatic carbocycles. The fourth-order valence-corrected chi connectivity index (χ4v) is 2.59. The first-order valence-electron chi connectivity index (χ1n) is 8.32. The van der Waals surface area contributed by atoms with Crippen LogP contribution in [0, 0.1) is 6.92 Å². The van der Waals surface area contributed by atoms with Crippen LogP contribution in [0.5, 0.6) is 11.5 Å². The molecule has 0 saturated heterocycles. The molecule has 3 rings (SSSR count). The second kappa shape index (κ2) is 8.62. The van der Waals surface area contributed by atoms with Crippen molar-refractivity contribution >= 4 is 35.1 Å². The van der Waals surface area contributed by atoms with Crippen molar-refractivity contribution in [2.45, 2.75) is 6.92 Å². The number of rotatable bonds is 6. The van der Waals surface area contributed by atoms with E-state index in [4.69, 9.17) is 25.8 Å². The summed E-state index contributed by atoms with van der Waals surface area (Å²) in [5, 5.41) is 5.54. The Morgan fingerprint density at radius 1 is 1.14 bits per heavy atom. The zero-order valence-electron chi connectivity index (χ0n) is 14.9. The van der Waals surface area contributed by atoms with Crippen LogP contribution in [0.4, 0.5) is 5.69 Å². The molecule has 0 aromatic heterocycles. The quantitative estimate of drug-likeness (QED) is 0.716. The normalized spacial score (nSPS) is 11.6. The van der Waals surface area contributed by atoms with E-state index < -0.39 is 24.4 Å². The van der Waals surface area contributed by atoms with Gasteiger partial charge in [0.2, 0.25) is 6.79 Å². The van der Waals surface area contributed by atoms with Gasteiger partial charge in [0.25, 0.3) is 11.8 Å². The third-order valence-electron chi connectivity index (χ3n) is 3.93. The van der Waals surface area contributed by atoms with Gasteiger partial charge in [0.15, 0.2) is 18.1 Å². The Balaban J connectivity index is 1.43. The Morgan fingerprint density at radius 2 is 1.93 bits per heavy atom. The van der Waals surface area contributed by atoms with E-state index in [-0.39, 0.29) is 13.3 Å². The molecule has 146 valence electrons. The third-order valence-corrected chi connectivity index (χ3v) is 4.34. The molecule has 1 aliphatic rings. The Hall–Kier alpha value is -3.26. The molecule has 28 heavy (non-hydrogen) atoms. The van der Waals surface area contributed by atoms with E-state index in [9.17, 15) is 14.4 Å². The fourth-order valence-electron chi connectivity index (χ4n) is 2.42. The highest BCUT2D eigenvalue weighted by Gasteiger charge is 2.17. The number of esters is 1. The summed E-state index contributed by atoms with van der Waals surface area (Å²) in [7, 11) is 0. The van der Waals surface area contributed by atoms with Gasteiger partial charge in [-0.25, -0.2) is 0 Å². The second-order valence-electron chi connectivity index (χ2n) is 5.87. The summed E-state index contributed by atoms with van der Waals surface area (Å²) in [6, 6.07) is 9.76. The van der Waals surface area contributed by atoms with E-state index in [1.807, 2.05) is 0 Å². The number of amides is 2. The highest BCUT2D eigenvalue weighted by molar-refractivity contribution is 6.31. The largest absolute Gasteiger partial charge is 0.454 e. The van der Waals surface area contributed by atoms with Crippen LogP contribution in [0.25, 0.3) is 0 Å². The van der Waals surface area contributed by atoms with Crippen molar-refractivity contribution in [3.8, 4) is 11.5 Å². The molecule has 9 heteroatoms. The number of anilines is 1. The van der Waals surface area contributed by atoms with E-state index >= 15 is 0 Å².